The summed E-state index contributed by atoms with van der Waals surface area (Å²) < 4.78 is 0. The van der Waals surface area contributed by atoms with Crippen molar-refractivity contribution >= 4 is 11.6 Å². The van der Waals surface area contributed by atoms with Gasteiger partial charge in [-0.15, -0.1) is 0 Å². The van der Waals surface area contributed by atoms with E-state index in [1.807, 2.05) is 12.1 Å². The van der Waals surface area contributed by atoms with E-state index >= 15 is 0 Å². The Morgan fingerprint density at radius 3 is 2.60 bits per heavy atom. The van der Waals surface area contributed by atoms with Crippen molar-refractivity contribution in [3.8, 4) is 22.8 Å². The molecular weight excluding hydrogens is 376 g/mol. The first kappa shape index (κ1) is 17.7. The number of aromatic nitrogens is 3. The highest BCUT2D eigenvalue weighted by atomic mass is 16.1. The number of H-pyrrole nitrogens is 1. The average Bonchev–Trinajstić information content (AvgIpc) is 3.44. The lowest BCUT2D eigenvalue weighted by Gasteiger charge is -2.29. The Morgan fingerprint density at radius 1 is 1.03 bits per heavy atom. The molecule has 2 aromatic heterocycles. The molecule has 152 valence electrons. The second-order valence-electron chi connectivity index (χ2n) is 8.48. The molecule has 1 saturated heterocycles. The molecule has 1 aliphatic carbocycles. The van der Waals surface area contributed by atoms with Crippen LogP contribution in [-0.2, 0) is 5.41 Å². The van der Waals surface area contributed by atoms with Gasteiger partial charge in [0.25, 0.3) is 5.91 Å². The number of nitrogens with one attached hydrogen (secondary N) is 3. The van der Waals surface area contributed by atoms with Crippen molar-refractivity contribution in [2.75, 3.05) is 37.6 Å². The fraction of sp³-hybridized carbons (Fsp3) is 0.348. The van der Waals surface area contributed by atoms with E-state index in [0.29, 0.717) is 5.82 Å². The zero-order valence-electron chi connectivity index (χ0n) is 16.7. The molecule has 0 unspecified atom stereocenters. The van der Waals surface area contributed by atoms with Gasteiger partial charge in [-0.25, -0.2) is 9.97 Å². The maximum atomic E-state index is 12.3. The molecule has 30 heavy (non-hydrogen) atoms. The molecule has 7 nitrogen and oxygen atoms in total. The third kappa shape index (κ3) is 2.89. The van der Waals surface area contributed by atoms with Gasteiger partial charge in [-0.2, -0.15) is 0 Å². The molecular formula is C23H24N6O. The summed E-state index contributed by atoms with van der Waals surface area (Å²) in [5.41, 5.74) is 5.85. The van der Waals surface area contributed by atoms with Crippen molar-refractivity contribution in [3.63, 3.8) is 0 Å². The number of hydrogen-bond donors (Lipinski definition) is 3. The van der Waals surface area contributed by atoms with Crippen LogP contribution in [0.5, 0.6) is 0 Å². The number of amides is 1. The van der Waals surface area contributed by atoms with E-state index in [1.54, 1.807) is 6.20 Å². The number of anilines is 1. The summed E-state index contributed by atoms with van der Waals surface area (Å²) in [7, 11) is 0. The topological polar surface area (TPSA) is 85.9 Å². The van der Waals surface area contributed by atoms with Crippen LogP contribution in [0.25, 0.3) is 22.8 Å². The van der Waals surface area contributed by atoms with E-state index in [0.717, 1.165) is 73.8 Å². The zero-order valence-corrected chi connectivity index (χ0v) is 16.7. The highest BCUT2D eigenvalue weighted by Crippen LogP contribution is 2.50. The summed E-state index contributed by atoms with van der Waals surface area (Å²) in [6, 6.07) is 12.3. The maximum Gasteiger partial charge on any atom is 0.253 e. The van der Waals surface area contributed by atoms with Crippen molar-refractivity contribution in [1.29, 1.82) is 0 Å². The molecule has 0 bridgehead atoms. The molecule has 2 fully saturated rings. The summed E-state index contributed by atoms with van der Waals surface area (Å²) in [6.45, 7) is 4.82. The maximum absolute atomic E-state index is 12.3. The smallest absolute Gasteiger partial charge is 0.253 e. The van der Waals surface area contributed by atoms with Gasteiger partial charge in [0.15, 0.2) is 5.82 Å². The van der Waals surface area contributed by atoms with Crippen LogP contribution in [0.2, 0.25) is 0 Å². The first-order valence-corrected chi connectivity index (χ1v) is 10.6. The molecule has 0 atom stereocenters. The second-order valence-corrected chi connectivity index (χ2v) is 8.48. The minimum absolute atomic E-state index is 0.00260. The van der Waals surface area contributed by atoms with E-state index in [1.165, 1.54) is 5.69 Å². The molecule has 1 aromatic carbocycles. The van der Waals surface area contributed by atoms with Crippen LogP contribution < -0.4 is 15.5 Å². The molecule has 4 heterocycles. The summed E-state index contributed by atoms with van der Waals surface area (Å²) in [4.78, 5) is 27.5. The van der Waals surface area contributed by atoms with Gasteiger partial charge in [-0.1, -0.05) is 0 Å². The second kappa shape index (κ2) is 6.67. The lowest BCUT2D eigenvalue weighted by molar-refractivity contribution is 0.0937. The first-order valence-electron chi connectivity index (χ1n) is 10.6. The molecule has 3 aromatic rings. The number of carbonyl (C=O) groups is 1. The Hall–Kier alpha value is -3.19. The molecule has 0 radical (unpaired) electrons. The normalized spacial score (nSPS) is 19.5. The van der Waals surface area contributed by atoms with E-state index in [-0.39, 0.29) is 11.3 Å². The Balaban J connectivity index is 1.30. The van der Waals surface area contributed by atoms with Crippen LogP contribution in [0.4, 0.5) is 5.69 Å². The Labute approximate surface area is 174 Å². The highest BCUT2D eigenvalue weighted by Gasteiger charge is 2.50. The van der Waals surface area contributed by atoms with Gasteiger partial charge in [0.05, 0.1) is 17.0 Å². The quantitative estimate of drug-likeness (QED) is 0.628. The number of hydrogen-bond acceptors (Lipinski definition) is 5. The number of piperazine rings is 1. The first-order chi connectivity index (χ1) is 14.7. The zero-order chi connectivity index (χ0) is 20.1. The van der Waals surface area contributed by atoms with Gasteiger partial charge in [-0.05, 0) is 49.2 Å². The minimum atomic E-state index is 0.00260. The Bertz CT molecular complexity index is 1110. The third-order valence-electron chi connectivity index (χ3n) is 6.57. The fourth-order valence-corrected chi connectivity index (χ4v) is 4.59. The van der Waals surface area contributed by atoms with E-state index in [9.17, 15) is 4.79 Å². The summed E-state index contributed by atoms with van der Waals surface area (Å²) in [5.74, 6) is 0.695. The molecule has 1 saturated carbocycles. The molecule has 6 rings (SSSR count). The van der Waals surface area contributed by atoms with Crippen molar-refractivity contribution in [2.45, 2.75) is 18.3 Å². The van der Waals surface area contributed by atoms with Crippen molar-refractivity contribution in [2.24, 2.45) is 0 Å². The Morgan fingerprint density at radius 2 is 1.83 bits per heavy atom. The van der Waals surface area contributed by atoms with Crippen LogP contribution in [0.15, 0.2) is 42.6 Å². The largest absolute Gasteiger partial charge is 0.369 e. The fourth-order valence-electron chi connectivity index (χ4n) is 4.59. The summed E-state index contributed by atoms with van der Waals surface area (Å²) >= 11 is 0. The van der Waals surface area contributed by atoms with Crippen LogP contribution in [0.3, 0.4) is 0 Å². The number of carbonyl (C=O) groups excluding carboxylic acids is 1. The van der Waals surface area contributed by atoms with Crippen molar-refractivity contribution in [3.05, 3.63) is 53.9 Å². The predicted octanol–water partition coefficient (Wildman–Crippen LogP) is 2.32. The van der Waals surface area contributed by atoms with Gasteiger partial charge >= 0.3 is 0 Å². The number of nitrogens with zero attached hydrogens (tertiary/aromatic N) is 3. The number of aromatic amines is 1. The average molecular weight is 400 g/mol. The van der Waals surface area contributed by atoms with Crippen molar-refractivity contribution < 1.29 is 4.79 Å². The molecule has 3 N–H and O–H groups in total. The van der Waals surface area contributed by atoms with E-state index in [4.69, 9.17) is 4.98 Å². The van der Waals surface area contributed by atoms with Gasteiger partial charge in [0, 0.05) is 61.3 Å². The van der Waals surface area contributed by atoms with Crippen LogP contribution in [0, 0.1) is 0 Å². The predicted molar refractivity (Wildman–Crippen MR) is 116 cm³/mol. The number of benzene rings is 1. The monoisotopic (exact) mass is 400 g/mol. The number of fused-ring (bicyclic) bond motifs is 2. The van der Waals surface area contributed by atoms with Crippen LogP contribution in [-0.4, -0.2) is 53.6 Å². The molecule has 2 aliphatic heterocycles. The van der Waals surface area contributed by atoms with Crippen LogP contribution in [0.1, 0.15) is 28.9 Å². The summed E-state index contributed by atoms with van der Waals surface area (Å²) in [5, 5.41) is 6.41. The molecule has 7 heteroatoms. The SMILES string of the molecule is O=C1NCC2(CC2)c2[nH]c(-c3ccnc(-c4ccc(N5CCNCC5)cc4)n3)cc21. The van der Waals surface area contributed by atoms with Gasteiger partial charge in [-0.3, -0.25) is 4.79 Å². The van der Waals surface area contributed by atoms with Crippen molar-refractivity contribution in [1.82, 2.24) is 25.6 Å². The number of rotatable bonds is 3. The van der Waals surface area contributed by atoms with Crippen LogP contribution >= 0.6 is 0 Å². The minimum Gasteiger partial charge on any atom is -0.369 e. The summed E-state index contributed by atoms with van der Waals surface area (Å²) in [6.07, 6.45) is 4.03. The molecule has 1 spiro atoms. The molecule has 3 aliphatic rings. The highest BCUT2D eigenvalue weighted by molar-refractivity contribution is 5.98. The van der Waals surface area contributed by atoms with E-state index in [2.05, 4.69) is 49.8 Å². The third-order valence-corrected chi connectivity index (χ3v) is 6.57. The van der Waals surface area contributed by atoms with E-state index < -0.39 is 0 Å². The lowest BCUT2D eigenvalue weighted by atomic mass is 9.95. The Kier molecular flexibility index (Phi) is 3.92. The standard InChI is InChI=1S/C23H24N6O/c30-22-17-13-19(27-20(17)23(6-7-23)14-26-22)18-5-8-25-21(28-18)15-1-3-16(4-2-15)29-11-9-24-10-12-29/h1-5,8,13,24,27H,6-7,9-12,14H2,(H,26,30). The van der Waals surface area contributed by atoms with Gasteiger partial charge in [0.2, 0.25) is 0 Å². The lowest BCUT2D eigenvalue weighted by Crippen LogP contribution is -2.43. The van der Waals surface area contributed by atoms with Gasteiger partial charge < -0.3 is 20.5 Å². The molecule has 1 amide bonds. The van der Waals surface area contributed by atoms with Gasteiger partial charge in [0.1, 0.15) is 0 Å².